The first-order valence-corrected chi connectivity index (χ1v) is 10.1. The van der Waals surface area contributed by atoms with Crippen molar-refractivity contribution in [2.24, 2.45) is 0 Å². The Kier molecular flexibility index (Phi) is 5.82. The molecule has 152 valence electrons. The van der Waals surface area contributed by atoms with Crippen LogP contribution >= 0.6 is 0 Å². The molecular weight excluding hydrogens is 372 g/mol. The second-order valence-electron chi connectivity index (χ2n) is 7.55. The van der Waals surface area contributed by atoms with Crippen molar-refractivity contribution in [3.05, 3.63) is 90.0 Å². The van der Waals surface area contributed by atoms with E-state index >= 15 is 0 Å². The average molecular weight is 399 g/mol. The van der Waals surface area contributed by atoms with Crippen LogP contribution in [0.5, 0.6) is 0 Å². The summed E-state index contributed by atoms with van der Waals surface area (Å²) >= 11 is 0. The second kappa shape index (κ2) is 8.84. The number of rotatable bonds is 7. The predicted molar refractivity (Wildman–Crippen MR) is 125 cm³/mol. The molecule has 0 unspecified atom stereocenters. The van der Waals surface area contributed by atoms with Gasteiger partial charge in [-0.15, -0.1) is 0 Å². The summed E-state index contributed by atoms with van der Waals surface area (Å²) in [6, 6.07) is 25.9. The number of hydrogen-bond donors (Lipinski definition) is 3. The lowest BCUT2D eigenvalue weighted by Gasteiger charge is -2.16. The third-order valence-corrected chi connectivity index (χ3v) is 5.03. The summed E-state index contributed by atoms with van der Waals surface area (Å²) in [4.78, 5) is 15.0. The fraction of sp³-hybridized carbons (Fsp3) is 0.160. The SMILES string of the molecule is CN(C)CCNc1ccc(N/C(=C2\C(=O)Nc3ccccc32)c2ccccc2)cc1. The zero-order valence-corrected chi connectivity index (χ0v) is 17.3. The maximum absolute atomic E-state index is 12.8. The lowest BCUT2D eigenvalue weighted by Crippen LogP contribution is -2.20. The van der Waals surface area contributed by atoms with Gasteiger partial charge in [-0.05, 0) is 50.0 Å². The molecule has 1 amide bonds. The molecule has 0 fully saturated rings. The predicted octanol–water partition coefficient (Wildman–Crippen LogP) is 4.59. The number of para-hydroxylation sites is 1. The molecule has 0 radical (unpaired) electrons. The molecule has 0 aliphatic carbocycles. The van der Waals surface area contributed by atoms with Crippen LogP contribution in [0.4, 0.5) is 17.1 Å². The molecule has 0 bridgehead atoms. The molecular formula is C25H26N4O. The highest BCUT2D eigenvalue weighted by molar-refractivity contribution is 6.37. The molecule has 0 aromatic heterocycles. The number of benzene rings is 3. The van der Waals surface area contributed by atoms with Crippen LogP contribution in [0.25, 0.3) is 11.3 Å². The van der Waals surface area contributed by atoms with Crippen molar-refractivity contribution in [2.75, 3.05) is 43.1 Å². The minimum absolute atomic E-state index is 0.0930. The number of likely N-dealkylation sites (N-methyl/N-ethyl adjacent to an activating group) is 1. The quantitative estimate of drug-likeness (QED) is 0.510. The van der Waals surface area contributed by atoms with Crippen molar-refractivity contribution in [3.63, 3.8) is 0 Å². The fourth-order valence-electron chi connectivity index (χ4n) is 3.49. The van der Waals surface area contributed by atoms with Gasteiger partial charge in [0.2, 0.25) is 0 Å². The highest BCUT2D eigenvalue weighted by atomic mass is 16.2. The number of amides is 1. The van der Waals surface area contributed by atoms with Gasteiger partial charge < -0.3 is 20.9 Å². The first kappa shape index (κ1) is 19.7. The van der Waals surface area contributed by atoms with Crippen LogP contribution in [0.1, 0.15) is 11.1 Å². The van der Waals surface area contributed by atoms with Crippen molar-refractivity contribution in [2.45, 2.75) is 0 Å². The Morgan fingerprint density at radius 3 is 2.27 bits per heavy atom. The summed E-state index contributed by atoms with van der Waals surface area (Å²) in [6.45, 7) is 1.86. The van der Waals surface area contributed by atoms with Crippen molar-refractivity contribution in [1.29, 1.82) is 0 Å². The van der Waals surface area contributed by atoms with E-state index in [1.54, 1.807) is 0 Å². The van der Waals surface area contributed by atoms with Crippen LogP contribution in [0.2, 0.25) is 0 Å². The van der Waals surface area contributed by atoms with Crippen LogP contribution < -0.4 is 16.0 Å². The van der Waals surface area contributed by atoms with E-state index in [0.717, 1.165) is 47.0 Å². The van der Waals surface area contributed by atoms with Gasteiger partial charge in [0, 0.05) is 35.7 Å². The molecule has 3 N–H and O–H groups in total. The number of nitrogens with one attached hydrogen (secondary N) is 3. The maximum Gasteiger partial charge on any atom is 0.258 e. The molecule has 0 saturated carbocycles. The molecule has 3 aromatic rings. The molecule has 0 saturated heterocycles. The van der Waals surface area contributed by atoms with Gasteiger partial charge >= 0.3 is 0 Å². The smallest absolute Gasteiger partial charge is 0.258 e. The number of carbonyl (C=O) groups excluding carboxylic acids is 1. The number of fused-ring (bicyclic) bond motifs is 1. The number of nitrogens with zero attached hydrogens (tertiary/aromatic N) is 1. The van der Waals surface area contributed by atoms with E-state index in [-0.39, 0.29) is 5.91 Å². The monoisotopic (exact) mass is 398 g/mol. The number of hydrogen-bond acceptors (Lipinski definition) is 4. The van der Waals surface area contributed by atoms with Crippen LogP contribution in [-0.4, -0.2) is 38.0 Å². The Bertz CT molecular complexity index is 1060. The zero-order valence-electron chi connectivity index (χ0n) is 17.3. The first-order chi connectivity index (χ1) is 14.6. The first-order valence-electron chi connectivity index (χ1n) is 10.1. The Labute approximate surface area is 177 Å². The molecule has 4 rings (SSSR count). The molecule has 30 heavy (non-hydrogen) atoms. The lowest BCUT2D eigenvalue weighted by molar-refractivity contribution is -0.110. The average Bonchev–Trinajstić information content (AvgIpc) is 3.09. The summed E-state index contributed by atoms with van der Waals surface area (Å²) in [5.41, 5.74) is 6.17. The molecule has 1 aliphatic rings. The van der Waals surface area contributed by atoms with E-state index in [4.69, 9.17) is 0 Å². The summed E-state index contributed by atoms with van der Waals surface area (Å²) in [6.07, 6.45) is 0. The van der Waals surface area contributed by atoms with Crippen LogP contribution in [0, 0.1) is 0 Å². The van der Waals surface area contributed by atoms with Gasteiger partial charge in [-0.1, -0.05) is 48.5 Å². The van der Waals surface area contributed by atoms with Gasteiger partial charge in [-0.2, -0.15) is 0 Å². The summed E-state index contributed by atoms with van der Waals surface area (Å²) in [5, 5.41) is 9.88. The standard InChI is InChI=1S/C25H26N4O/c1-29(2)17-16-26-19-12-14-20(15-13-19)27-24(18-8-4-3-5-9-18)23-21-10-6-7-11-22(21)28-25(23)30/h3-15,26-27H,16-17H2,1-2H3,(H,28,30)/b24-23-. The maximum atomic E-state index is 12.8. The molecule has 1 heterocycles. The van der Waals surface area contributed by atoms with Crippen LogP contribution in [0.3, 0.4) is 0 Å². The largest absolute Gasteiger partial charge is 0.384 e. The summed E-state index contributed by atoms with van der Waals surface area (Å²) in [5.74, 6) is -0.0930. The van der Waals surface area contributed by atoms with E-state index in [1.165, 1.54) is 0 Å². The highest BCUT2D eigenvalue weighted by Gasteiger charge is 2.27. The van der Waals surface area contributed by atoms with Crippen LogP contribution in [-0.2, 0) is 4.79 Å². The number of anilines is 3. The summed E-state index contributed by atoms with van der Waals surface area (Å²) in [7, 11) is 4.12. The van der Waals surface area contributed by atoms with Crippen molar-refractivity contribution < 1.29 is 4.79 Å². The van der Waals surface area contributed by atoms with Gasteiger partial charge in [-0.3, -0.25) is 4.79 Å². The van der Waals surface area contributed by atoms with E-state index in [1.807, 2.05) is 78.9 Å². The Hall–Kier alpha value is -3.57. The number of carbonyl (C=O) groups is 1. The molecule has 0 spiro atoms. The third kappa shape index (κ3) is 4.36. The van der Waals surface area contributed by atoms with Crippen molar-refractivity contribution in [3.8, 4) is 0 Å². The van der Waals surface area contributed by atoms with Crippen LogP contribution in [0.15, 0.2) is 78.9 Å². The molecule has 0 atom stereocenters. The topological polar surface area (TPSA) is 56.4 Å². The molecule has 1 aliphatic heterocycles. The van der Waals surface area contributed by atoms with Crippen molar-refractivity contribution >= 4 is 34.2 Å². The zero-order chi connectivity index (χ0) is 20.9. The van der Waals surface area contributed by atoms with Gasteiger partial charge in [0.15, 0.2) is 0 Å². The Morgan fingerprint density at radius 2 is 1.53 bits per heavy atom. The van der Waals surface area contributed by atoms with Gasteiger partial charge in [0.1, 0.15) is 0 Å². The second-order valence-corrected chi connectivity index (χ2v) is 7.55. The Balaban J connectivity index is 1.65. The molecule has 5 heteroatoms. The molecule has 3 aromatic carbocycles. The summed E-state index contributed by atoms with van der Waals surface area (Å²) < 4.78 is 0. The van der Waals surface area contributed by atoms with Crippen molar-refractivity contribution in [1.82, 2.24) is 4.90 Å². The minimum Gasteiger partial charge on any atom is -0.384 e. The normalized spacial score (nSPS) is 14.3. The molecule has 5 nitrogen and oxygen atoms in total. The minimum atomic E-state index is -0.0930. The van der Waals surface area contributed by atoms with E-state index in [9.17, 15) is 4.79 Å². The lowest BCUT2D eigenvalue weighted by atomic mass is 10.00. The van der Waals surface area contributed by atoms with E-state index < -0.39 is 0 Å². The Morgan fingerprint density at radius 1 is 0.867 bits per heavy atom. The van der Waals surface area contributed by atoms with Gasteiger partial charge in [0.05, 0.1) is 11.3 Å². The van der Waals surface area contributed by atoms with Gasteiger partial charge in [-0.25, -0.2) is 0 Å². The third-order valence-electron chi connectivity index (χ3n) is 5.03. The highest BCUT2D eigenvalue weighted by Crippen LogP contribution is 2.37. The fourth-order valence-corrected chi connectivity index (χ4v) is 3.49. The van der Waals surface area contributed by atoms with E-state index in [2.05, 4.69) is 34.9 Å². The van der Waals surface area contributed by atoms with E-state index in [0.29, 0.717) is 5.57 Å². The van der Waals surface area contributed by atoms with Gasteiger partial charge in [0.25, 0.3) is 5.91 Å².